The van der Waals surface area contributed by atoms with Crippen molar-refractivity contribution in [1.29, 1.82) is 0 Å². The van der Waals surface area contributed by atoms with Crippen LogP contribution in [0.25, 0.3) is 0 Å². The van der Waals surface area contributed by atoms with E-state index >= 15 is 0 Å². The summed E-state index contributed by atoms with van der Waals surface area (Å²) in [4.78, 5) is 39.1. The van der Waals surface area contributed by atoms with Gasteiger partial charge in [0.05, 0.1) is 0 Å². The number of benzene rings is 1. The van der Waals surface area contributed by atoms with Gasteiger partial charge in [-0.2, -0.15) is 0 Å². The van der Waals surface area contributed by atoms with Crippen molar-refractivity contribution in [3.63, 3.8) is 0 Å². The number of rotatable bonds is 3. The van der Waals surface area contributed by atoms with Gasteiger partial charge >= 0.3 is 6.03 Å². The van der Waals surface area contributed by atoms with Gasteiger partial charge in [0.15, 0.2) is 0 Å². The Bertz CT molecular complexity index is 782. The molecule has 0 radical (unpaired) electrons. The smallest absolute Gasteiger partial charge is 0.325 e. The molecule has 1 heterocycles. The molecule has 2 N–H and O–H groups in total. The van der Waals surface area contributed by atoms with Crippen molar-refractivity contribution in [2.45, 2.75) is 59.4 Å². The fraction of sp³-hybridized carbons (Fsp3) is 0.571. The Morgan fingerprint density at radius 2 is 1.81 bits per heavy atom. The maximum Gasteiger partial charge on any atom is 0.325 e. The molecule has 2 aliphatic rings. The molecule has 6 nitrogen and oxygen atoms in total. The van der Waals surface area contributed by atoms with Crippen LogP contribution in [-0.4, -0.2) is 34.8 Å². The Morgan fingerprint density at radius 1 is 1.19 bits per heavy atom. The number of nitrogens with zero attached hydrogens (tertiary/aromatic N) is 1. The Balaban J connectivity index is 1.73. The van der Waals surface area contributed by atoms with Gasteiger partial charge in [0, 0.05) is 5.69 Å². The first-order valence-corrected chi connectivity index (χ1v) is 9.52. The molecule has 1 spiro atoms. The first-order chi connectivity index (χ1) is 12.5. The van der Waals surface area contributed by atoms with Gasteiger partial charge in [0.25, 0.3) is 5.91 Å². The molecule has 1 aromatic carbocycles. The Morgan fingerprint density at radius 3 is 2.41 bits per heavy atom. The molecule has 27 heavy (non-hydrogen) atoms. The van der Waals surface area contributed by atoms with Crippen LogP contribution in [0.15, 0.2) is 18.2 Å². The highest BCUT2D eigenvalue weighted by Crippen LogP contribution is 2.46. The van der Waals surface area contributed by atoms with Crippen molar-refractivity contribution in [2.24, 2.45) is 11.3 Å². The van der Waals surface area contributed by atoms with E-state index in [1.807, 2.05) is 32.0 Å². The minimum absolute atomic E-state index is 0.0298. The number of carbonyl (C=O) groups excluding carboxylic acids is 3. The summed E-state index contributed by atoms with van der Waals surface area (Å²) in [6.45, 7) is 10.00. The predicted octanol–water partition coefficient (Wildman–Crippen LogP) is 3.38. The summed E-state index contributed by atoms with van der Waals surface area (Å²) >= 11 is 0. The summed E-state index contributed by atoms with van der Waals surface area (Å²) in [5.74, 6) is -0.312. The zero-order valence-corrected chi connectivity index (χ0v) is 16.8. The summed E-state index contributed by atoms with van der Waals surface area (Å²) in [5.41, 5.74) is 1.85. The lowest BCUT2D eigenvalue weighted by Gasteiger charge is -2.43. The van der Waals surface area contributed by atoms with E-state index < -0.39 is 11.6 Å². The Hall–Kier alpha value is -2.37. The fourth-order valence-electron chi connectivity index (χ4n) is 5.04. The standard InChI is InChI=1S/C21H29N3O3/c1-13-6-14(2)8-16(7-13)22-17(25)11-24-18(26)21(23-19(24)27)10-15(3)9-20(4,5)12-21/h6-8,15H,9-12H2,1-5H3,(H,22,25)(H,23,27)/t15-,21-/m1/s1. The summed E-state index contributed by atoms with van der Waals surface area (Å²) in [6.07, 6.45) is 2.24. The highest BCUT2D eigenvalue weighted by molar-refractivity contribution is 6.10. The average Bonchev–Trinajstić information content (AvgIpc) is 2.67. The quantitative estimate of drug-likeness (QED) is 0.800. The normalized spacial score (nSPS) is 27.0. The molecule has 3 rings (SSSR count). The molecule has 6 heteroatoms. The average molecular weight is 371 g/mol. The van der Waals surface area contributed by atoms with Crippen molar-refractivity contribution < 1.29 is 14.4 Å². The van der Waals surface area contributed by atoms with Gasteiger partial charge in [-0.25, -0.2) is 4.79 Å². The van der Waals surface area contributed by atoms with Crippen LogP contribution >= 0.6 is 0 Å². The molecule has 0 unspecified atom stereocenters. The molecule has 1 saturated carbocycles. The molecule has 2 atom stereocenters. The fourth-order valence-corrected chi connectivity index (χ4v) is 5.04. The van der Waals surface area contributed by atoms with Crippen molar-refractivity contribution in [3.8, 4) is 0 Å². The zero-order valence-electron chi connectivity index (χ0n) is 16.8. The van der Waals surface area contributed by atoms with Crippen molar-refractivity contribution in [3.05, 3.63) is 29.3 Å². The van der Waals surface area contributed by atoms with Gasteiger partial charge in [-0.15, -0.1) is 0 Å². The monoisotopic (exact) mass is 371 g/mol. The SMILES string of the molecule is Cc1cc(C)cc(NC(=O)CN2C(=O)N[C@@]3(C[C@H](C)CC(C)(C)C3)C2=O)c1. The number of amides is 4. The second-order valence-electron chi connectivity index (χ2n) is 9.18. The van der Waals surface area contributed by atoms with E-state index in [4.69, 9.17) is 0 Å². The van der Waals surface area contributed by atoms with Crippen LogP contribution in [0.3, 0.4) is 0 Å². The molecular formula is C21H29N3O3. The number of urea groups is 1. The van der Waals surface area contributed by atoms with Crippen molar-refractivity contribution in [2.75, 3.05) is 11.9 Å². The van der Waals surface area contributed by atoms with Crippen LogP contribution in [0.5, 0.6) is 0 Å². The minimum atomic E-state index is -0.877. The molecular weight excluding hydrogens is 342 g/mol. The molecule has 146 valence electrons. The van der Waals surface area contributed by atoms with E-state index in [2.05, 4.69) is 31.4 Å². The van der Waals surface area contributed by atoms with Crippen LogP contribution in [0.2, 0.25) is 0 Å². The van der Waals surface area contributed by atoms with Gasteiger partial charge in [-0.05, 0) is 67.7 Å². The summed E-state index contributed by atoms with van der Waals surface area (Å²) in [7, 11) is 0. The van der Waals surface area contributed by atoms with Crippen molar-refractivity contribution in [1.82, 2.24) is 10.2 Å². The van der Waals surface area contributed by atoms with Crippen LogP contribution in [0.1, 0.15) is 51.2 Å². The van der Waals surface area contributed by atoms with Gasteiger partial charge < -0.3 is 10.6 Å². The second kappa shape index (κ2) is 6.66. The van der Waals surface area contributed by atoms with E-state index in [0.717, 1.165) is 22.4 Å². The predicted molar refractivity (Wildman–Crippen MR) is 104 cm³/mol. The summed E-state index contributed by atoms with van der Waals surface area (Å²) in [5, 5.41) is 5.70. The first-order valence-electron chi connectivity index (χ1n) is 9.52. The largest absolute Gasteiger partial charge is 0.325 e. The van der Waals surface area contributed by atoms with Crippen LogP contribution in [0, 0.1) is 25.2 Å². The number of nitrogens with one attached hydrogen (secondary N) is 2. The lowest BCUT2D eigenvalue weighted by Crippen LogP contribution is -2.54. The molecule has 1 aliphatic heterocycles. The van der Waals surface area contributed by atoms with E-state index in [9.17, 15) is 14.4 Å². The number of carbonyl (C=O) groups is 3. The summed E-state index contributed by atoms with van der Waals surface area (Å²) < 4.78 is 0. The van der Waals surface area contributed by atoms with Crippen LogP contribution < -0.4 is 10.6 Å². The van der Waals surface area contributed by atoms with E-state index in [-0.39, 0.29) is 23.8 Å². The third-order valence-electron chi connectivity index (χ3n) is 5.43. The summed E-state index contributed by atoms with van der Waals surface area (Å²) in [6, 6.07) is 5.27. The number of anilines is 1. The van der Waals surface area contributed by atoms with Gasteiger partial charge in [-0.3, -0.25) is 14.5 Å². The third-order valence-corrected chi connectivity index (χ3v) is 5.43. The molecule has 0 aromatic heterocycles. The lowest BCUT2D eigenvalue weighted by molar-refractivity contribution is -0.136. The molecule has 4 amide bonds. The van der Waals surface area contributed by atoms with Gasteiger partial charge in [0.2, 0.25) is 5.91 Å². The maximum atomic E-state index is 13.1. The lowest BCUT2D eigenvalue weighted by atomic mass is 9.64. The Kier molecular flexibility index (Phi) is 4.78. The highest BCUT2D eigenvalue weighted by Gasteiger charge is 2.56. The second-order valence-corrected chi connectivity index (χ2v) is 9.18. The first kappa shape index (κ1) is 19.4. The molecule has 0 bridgehead atoms. The number of hydrogen-bond acceptors (Lipinski definition) is 3. The molecule has 1 saturated heterocycles. The third kappa shape index (κ3) is 3.99. The van der Waals surface area contributed by atoms with Crippen LogP contribution in [-0.2, 0) is 9.59 Å². The molecule has 1 aromatic rings. The highest BCUT2D eigenvalue weighted by atomic mass is 16.2. The number of imide groups is 1. The zero-order chi connectivity index (χ0) is 20.0. The number of hydrogen-bond donors (Lipinski definition) is 2. The number of aryl methyl sites for hydroxylation is 2. The maximum absolute atomic E-state index is 13.1. The molecule has 2 fully saturated rings. The van der Waals surface area contributed by atoms with E-state index in [0.29, 0.717) is 24.4 Å². The molecule has 1 aliphatic carbocycles. The van der Waals surface area contributed by atoms with Crippen molar-refractivity contribution >= 4 is 23.5 Å². The van der Waals surface area contributed by atoms with E-state index in [1.165, 1.54) is 0 Å². The van der Waals surface area contributed by atoms with E-state index in [1.54, 1.807) is 0 Å². The van der Waals surface area contributed by atoms with Gasteiger partial charge in [-0.1, -0.05) is 26.8 Å². The van der Waals surface area contributed by atoms with Crippen LogP contribution in [0.4, 0.5) is 10.5 Å². The minimum Gasteiger partial charge on any atom is -0.325 e. The Labute approximate surface area is 160 Å². The topological polar surface area (TPSA) is 78.5 Å². The van der Waals surface area contributed by atoms with Gasteiger partial charge in [0.1, 0.15) is 12.1 Å².